The maximum Gasteiger partial charge on any atom is 0.255 e. The number of hydrogen-bond donors (Lipinski definition) is 2. The second-order valence-corrected chi connectivity index (χ2v) is 8.23. The molecule has 29 heavy (non-hydrogen) atoms. The molecule has 1 heterocycles. The first-order valence-electron chi connectivity index (χ1n) is 9.84. The average molecular weight is 420 g/mol. The molecule has 2 aliphatic rings. The number of nitrogens with one attached hydrogen (secondary N) is 2. The fourth-order valence-electron chi connectivity index (χ4n) is 3.92. The number of likely N-dealkylation sites (N-methyl/N-ethyl adjacent to an activating group) is 1. The summed E-state index contributed by atoms with van der Waals surface area (Å²) in [7, 11) is 1.81. The lowest BCUT2D eigenvalue weighted by Crippen LogP contribution is -2.40. The topological polar surface area (TPSA) is 44.4 Å². The quantitative estimate of drug-likeness (QED) is 0.700. The van der Waals surface area contributed by atoms with E-state index in [2.05, 4.69) is 16.7 Å². The number of rotatable bonds is 7. The number of benzene rings is 2. The van der Waals surface area contributed by atoms with Crippen LogP contribution in [0.15, 0.2) is 36.4 Å². The maximum atomic E-state index is 13.0. The van der Waals surface area contributed by atoms with Crippen LogP contribution < -0.4 is 15.5 Å². The maximum absolute atomic E-state index is 13.0. The van der Waals surface area contributed by atoms with Crippen molar-refractivity contribution in [3.63, 3.8) is 0 Å². The molecule has 1 aliphatic heterocycles. The van der Waals surface area contributed by atoms with E-state index < -0.39 is 24.9 Å². The van der Waals surface area contributed by atoms with E-state index >= 15 is 0 Å². The zero-order valence-electron chi connectivity index (χ0n) is 16.2. The highest BCUT2D eigenvalue weighted by Crippen LogP contribution is 2.42. The summed E-state index contributed by atoms with van der Waals surface area (Å²) in [6, 6.07) is 11.0. The number of hydrogen-bond acceptors (Lipinski definition) is 3. The number of nitrogens with zero attached hydrogens (tertiary/aromatic N) is 1. The predicted molar refractivity (Wildman–Crippen MR) is 111 cm³/mol. The summed E-state index contributed by atoms with van der Waals surface area (Å²) < 4.78 is 25.4. The van der Waals surface area contributed by atoms with Crippen molar-refractivity contribution in [3.05, 3.63) is 63.7 Å². The van der Waals surface area contributed by atoms with Crippen molar-refractivity contribution in [2.75, 3.05) is 18.5 Å². The zero-order chi connectivity index (χ0) is 20.5. The molecular formula is C22H24ClF2N3O. The molecule has 4 rings (SSSR count). The first-order chi connectivity index (χ1) is 13.9. The Hall–Kier alpha value is -2.18. The van der Waals surface area contributed by atoms with Gasteiger partial charge in [0.2, 0.25) is 5.91 Å². The van der Waals surface area contributed by atoms with E-state index in [0.717, 1.165) is 37.2 Å². The molecule has 2 aromatic rings. The molecule has 154 valence electrons. The van der Waals surface area contributed by atoms with E-state index in [-0.39, 0.29) is 0 Å². The minimum Gasteiger partial charge on any atom is -0.359 e. The van der Waals surface area contributed by atoms with Gasteiger partial charge < -0.3 is 15.5 Å². The monoisotopic (exact) mass is 419 g/mol. The van der Waals surface area contributed by atoms with Crippen molar-refractivity contribution in [1.29, 1.82) is 0 Å². The van der Waals surface area contributed by atoms with E-state index in [4.69, 9.17) is 11.6 Å². The molecule has 2 N–H and O–H groups in total. The highest BCUT2D eigenvalue weighted by atomic mass is 35.5. The van der Waals surface area contributed by atoms with Crippen LogP contribution in [-0.4, -0.2) is 25.9 Å². The van der Waals surface area contributed by atoms with Crippen LogP contribution >= 0.6 is 11.6 Å². The number of carbonyl (C=O) groups is 1. The average Bonchev–Trinajstić information content (AvgIpc) is 3.43. The number of alkyl halides is 2. The van der Waals surface area contributed by atoms with Gasteiger partial charge in [-0.3, -0.25) is 4.79 Å². The summed E-state index contributed by atoms with van der Waals surface area (Å²) >= 11 is 6.35. The fourth-order valence-corrected chi connectivity index (χ4v) is 4.17. The van der Waals surface area contributed by atoms with Crippen molar-refractivity contribution in [2.45, 2.75) is 44.3 Å². The molecule has 1 atom stereocenters. The molecule has 0 bridgehead atoms. The van der Waals surface area contributed by atoms with Gasteiger partial charge in [0, 0.05) is 30.8 Å². The number of halogens is 3. The van der Waals surface area contributed by atoms with Gasteiger partial charge in [-0.25, -0.2) is 8.78 Å². The molecule has 1 amide bonds. The van der Waals surface area contributed by atoms with Gasteiger partial charge in [-0.2, -0.15) is 0 Å². The Labute approximate surface area is 174 Å². The van der Waals surface area contributed by atoms with Gasteiger partial charge >= 0.3 is 0 Å². The Morgan fingerprint density at radius 2 is 1.97 bits per heavy atom. The van der Waals surface area contributed by atoms with Gasteiger partial charge in [0.05, 0.1) is 6.54 Å². The van der Waals surface area contributed by atoms with Gasteiger partial charge in [0.1, 0.15) is 6.04 Å². The molecule has 0 spiro atoms. The summed E-state index contributed by atoms with van der Waals surface area (Å²) in [5.74, 6) is 0.00374. The molecule has 2 aromatic carbocycles. The smallest absolute Gasteiger partial charge is 0.255 e. The van der Waals surface area contributed by atoms with Gasteiger partial charge in [-0.05, 0) is 65.3 Å². The molecule has 0 radical (unpaired) electrons. The van der Waals surface area contributed by atoms with Crippen LogP contribution in [0.25, 0.3) is 0 Å². The fraction of sp³-hybridized carbons (Fsp3) is 0.409. The minimum atomic E-state index is -2.60. The van der Waals surface area contributed by atoms with Gasteiger partial charge in [-0.1, -0.05) is 23.7 Å². The third kappa shape index (κ3) is 4.54. The van der Waals surface area contributed by atoms with Crippen LogP contribution in [0.1, 0.15) is 47.1 Å². The van der Waals surface area contributed by atoms with Crippen LogP contribution in [-0.2, 0) is 17.9 Å². The second-order valence-electron chi connectivity index (χ2n) is 7.80. The summed E-state index contributed by atoms with van der Waals surface area (Å²) in [5, 5.41) is 6.25. The molecule has 7 heteroatoms. The number of carbonyl (C=O) groups excluding carboxylic acids is 1. The van der Waals surface area contributed by atoms with Crippen LogP contribution in [0.3, 0.4) is 0 Å². The molecule has 1 fully saturated rings. The minimum absolute atomic E-state index is 0.463. The van der Waals surface area contributed by atoms with Crippen molar-refractivity contribution < 1.29 is 13.6 Å². The van der Waals surface area contributed by atoms with Crippen LogP contribution in [0.2, 0.25) is 5.02 Å². The normalized spacial score (nSPS) is 16.6. The number of anilines is 1. The Morgan fingerprint density at radius 3 is 2.69 bits per heavy atom. The first-order valence-corrected chi connectivity index (χ1v) is 10.2. The summed E-state index contributed by atoms with van der Waals surface area (Å²) in [6.45, 7) is 0.937. The van der Waals surface area contributed by atoms with E-state index in [1.807, 2.05) is 36.2 Å². The van der Waals surface area contributed by atoms with Gasteiger partial charge in [0.15, 0.2) is 0 Å². The number of amides is 1. The Balaban J connectivity index is 1.69. The lowest BCUT2D eigenvalue weighted by Gasteiger charge is -2.30. The molecule has 0 aromatic heterocycles. The molecule has 1 aliphatic carbocycles. The van der Waals surface area contributed by atoms with E-state index in [1.165, 1.54) is 11.1 Å². The van der Waals surface area contributed by atoms with E-state index in [1.54, 1.807) is 6.07 Å². The highest BCUT2D eigenvalue weighted by Gasteiger charge is 2.30. The second kappa shape index (κ2) is 8.28. The molecule has 0 saturated heterocycles. The third-order valence-corrected chi connectivity index (χ3v) is 5.82. The standard InChI is InChI=1S/C22H24ClF2N3O/c1-28(19-5-4-14-10-26-11-17(14)9-19)21(22(29)27-12-20(24)25)16-6-15(13-2-3-13)7-18(23)8-16/h4-9,13,20-21,26H,2-3,10-12H2,1H3,(H,27,29)/t21-/m0/s1. The van der Waals surface area contributed by atoms with E-state index in [0.29, 0.717) is 16.5 Å². The molecule has 0 unspecified atom stereocenters. The number of fused-ring (bicyclic) bond motifs is 1. The molecule has 4 nitrogen and oxygen atoms in total. The lowest BCUT2D eigenvalue weighted by molar-refractivity contribution is -0.123. The van der Waals surface area contributed by atoms with Crippen LogP contribution in [0.4, 0.5) is 14.5 Å². The van der Waals surface area contributed by atoms with Crippen LogP contribution in [0, 0.1) is 0 Å². The van der Waals surface area contributed by atoms with Crippen molar-refractivity contribution in [2.24, 2.45) is 0 Å². The van der Waals surface area contributed by atoms with Crippen molar-refractivity contribution >= 4 is 23.2 Å². The first kappa shape index (κ1) is 20.1. The Kier molecular flexibility index (Phi) is 5.74. The summed E-state index contributed by atoms with van der Waals surface area (Å²) in [5.41, 5.74) is 5.10. The predicted octanol–water partition coefficient (Wildman–Crippen LogP) is 4.38. The van der Waals surface area contributed by atoms with Gasteiger partial charge in [-0.15, -0.1) is 0 Å². The Bertz CT molecular complexity index is 917. The van der Waals surface area contributed by atoms with Gasteiger partial charge in [0.25, 0.3) is 6.43 Å². The van der Waals surface area contributed by atoms with Crippen LogP contribution in [0.5, 0.6) is 0 Å². The largest absolute Gasteiger partial charge is 0.359 e. The lowest BCUT2D eigenvalue weighted by atomic mass is 9.99. The van der Waals surface area contributed by atoms with Crippen molar-refractivity contribution in [3.8, 4) is 0 Å². The molecule has 1 saturated carbocycles. The zero-order valence-corrected chi connectivity index (χ0v) is 17.0. The SMILES string of the molecule is CN(c1ccc2c(c1)CNC2)[C@H](C(=O)NCC(F)F)c1cc(Cl)cc(C2CC2)c1. The summed E-state index contributed by atoms with van der Waals surface area (Å²) in [6.07, 6.45) is -0.386. The Morgan fingerprint density at radius 1 is 1.21 bits per heavy atom. The highest BCUT2D eigenvalue weighted by molar-refractivity contribution is 6.30. The summed E-state index contributed by atoms with van der Waals surface area (Å²) in [4.78, 5) is 14.8. The third-order valence-electron chi connectivity index (χ3n) is 5.60. The van der Waals surface area contributed by atoms with Crippen molar-refractivity contribution in [1.82, 2.24) is 10.6 Å². The van der Waals surface area contributed by atoms with E-state index in [9.17, 15) is 13.6 Å². The molecular weight excluding hydrogens is 396 g/mol.